The van der Waals surface area contributed by atoms with Crippen LogP contribution in [-0.2, 0) is 11.2 Å². The normalized spacial score (nSPS) is 23.8. The van der Waals surface area contributed by atoms with E-state index in [2.05, 4.69) is 36.3 Å². The number of allylic oxidation sites excluding steroid dienone is 4. The number of fused-ring (bicyclic) bond motifs is 1. The van der Waals surface area contributed by atoms with Crippen LogP contribution in [0, 0.1) is 6.92 Å². The third-order valence-corrected chi connectivity index (χ3v) is 6.68. The van der Waals surface area contributed by atoms with E-state index >= 15 is 0 Å². The minimum atomic E-state index is 0.0765. The number of hydrogen-bond donors (Lipinski definition) is 2. The lowest BCUT2D eigenvalue weighted by atomic mass is 10.0. The first-order valence-electron chi connectivity index (χ1n) is 11.6. The lowest BCUT2D eigenvalue weighted by Crippen LogP contribution is -2.55. The van der Waals surface area contributed by atoms with Crippen LogP contribution in [0.25, 0.3) is 6.08 Å². The van der Waals surface area contributed by atoms with Gasteiger partial charge in [0.2, 0.25) is 5.91 Å². The van der Waals surface area contributed by atoms with Gasteiger partial charge in [-0.25, -0.2) is 0 Å². The second kappa shape index (κ2) is 8.52. The lowest BCUT2D eigenvalue weighted by molar-refractivity contribution is -0.116. The summed E-state index contributed by atoms with van der Waals surface area (Å²) >= 11 is 0. The van der Waals surface area contributed by atoms with E-state index < -0.39 is 0 Å². The van der Waals surface area contributed by atoms with Crippen LogP contribution >= 0.6 is 0 Å². The van der Waals surface area contributed by atoms with Crippen molar-refractivity contribution in [3.8, 4) is 0 Å². The number of para-hydroxylation sites is 1. The Hall–Kier alpha value is -3.38. The number of benzene rings is 1. The first-order valence-corrected chi connectivity index (χ1v) is 11.6. The van der Waals surface area contributed by atoms with E-state index in [4.69, 9.17) is 0 Å². The zero-order valence-corrected chi connectivity index (χ0v) is 19.4. The average Bonchev–Trinajstić information content (AvgIpc) is 3.31. The number of H-pyrrole nitrogens is 1. The van der Waals surface area contributed by atoms with Gasteiger partial charge in [-0.2, -0.15) is 0 Å². The van der Waals surface area contributed by atoms with Crippen LogP contribution in [0.3, 0.4) is 0 Å². The second-order valence-corrected chi connectivity index (χ2v) is 9.37. The number of aromatic nitrogens is 1. The van der Waals surface area contributed by atoms with Gasteiger partial charge in [0.15, 0.2) is 0 Å². The zero-order chi connectivity index (χ0) is 23.1. The molecule has 3 aliphatic rings. The lowest BCUT2D eigenvalue weighted by Gasteiger charge is -2.36. The molecule has 6 nitrogen and oxygen atoms in total. The van der Waals surface area contributed by atoms with Gasteiger partial charge in [0, 0.05) is 49.2 Å². The molecule has 2 N–H and O–H groups in total. The van der Waals surface area contributed by atoms with Crippen molar-refractivity contribution in [2.24, 2.45) is 0 Å². The van der Waals surface area contributed by atoms with Crippen LogP contribution in [0.1, 0.15) is 47.4 Å². The molecule has 33 heavy (non-hydrogen) atoms. The molecule has 6 heteroatoms. The van der Waals surface area contributed by atoms with Gasteiger partial charge in [0.1, 0.15) is 0 Å². The Labute approximate surface area is 194 Å². The van der Waals surface area contributed by atoms with E-state index in [9.17, 15) is 9.59 Å². The fraction of sp³-hybridized carbons (Fsp3) is 0.333. The third kappa shape index (κ3) is 4.07. The summed E-state index contributed by atoms with van der Waals surface area (Å²) in [6.07, 6.45) is 11.1. The highest BCUT2D eigenvalue weighted by Gasteiger charge is 2.30. The molecular weight excluding hydrogens is 412 g/mol. The third-order valence-electron chi connectivity index (χ3n) is 6.68. The Morgan fingerprint density at radius 1 is 1.12 bits per heavy atom. The summed E-state index contributed by atoms with van der Waals surface area (Å²) in [4.78, 5) is 33.0. The van der Waals surface area contributed by atoms with E-state index in [0.29, 0.717) is 25.9 Å². The van der Waals surface area contributed by atoms with Gasteiger partial charge in [-0.15, -0.1) is 0 Å². The van der Waals surface area contributed by atoms with Crippen molar-refractivity contribution in [2.75, 3.05) is 18.0 Å². The Morgan fingerprint density at radius 2 is 1.88 bits per heavy atom. The number of nitrogens with zero attached hydrogens (tertiary/aromatic N) is 2. The van der Waals surface area contributed by atoms with Crippen molar-refractivity contribution >= 4 is 23.6 Å². The molecule has 1 saturated heterocycles. The fourth-order valence-corrected chi connectivity index (χ4v) is 5.16. The maximum absolute atomic E-state index is 13.2. The monoisotopic (exact) mass is 442 g/mol. The topological polar surface area (TPSA) is 68.4 Å². The van der Waals surface area contributed by atoms with Crippen LogP contribution in [-0.4, -0.2) is 46.9 Å². The summed E-state index contributed by atoms with van der Waals surface area (Å²) in [5.41, 5.74) is 6.74. The van der Waals surface area contributed by atoms with Gasteiger partial charge >= 0.3 is 0 Å². The number of aromatic amines is 1. The first-order chi connectivity index (χ1) is 15.9. The molecule has 1 fully saturated rings. The van der Waals surface area contributed by atoms with Crippen molar-refractivity contribution in [1.29, 1.82) is 0 Å². The number of carbonyl (C=O) groups excluding carboxylic acids is 2. The minimum absolute atomic E-state index is 0.0765. The number of nitrogens with one attached hydrogen (secondary N) is 2. The van der Waals surface area contributed by atoms with E-state index in [1.165, 1.54) is 0 Å². The highest BCUT2D eigenvalue weighted by atomic mass is 16.2. The molecule has 1 aromatic carbocycles. The molecule has 0 radical (unpaired) electrons. The Kier molecular flexibility index (Phi) is 5.54. The van der Waals surface area contributed by atoms with E-state index in [1.54, 1.807) is 0 Å². The molecule has 2 aliphatic heterocycles. The number of hydrogen-bond acceptors (Lipinski definition) is 3. The molecule has 0 unspecified atom stereocenters. The molecule has 2 aromatic rings. The minimum Gasteiger partial charge on any atom is -0.361 e. The predicted octanol–water partition coefficient (Wildman–Crippen LogP) is 3.96. The quantitative estimate of drug-likeness (QED) is 0.756. The standard InChI is InChI=1S/C27H30N4O2/c1-17-15-30(16-18(2)29-17)27(33)23-14-28-24(19(23)3)12-20-7-6-9-22(11-20)31-25-10-5-4-8-21(25)13-26(31)32/h4-10,12,14,17-18,28-29H,11,13,15-16H2,1-3H3/t17-,18+. The largest absolute Gasteiger partial charge is 0.361 e. The number of anilines is 1. The van der Waals surface area contributed by atoms with E-state index in [1.807, 2.05) is 59.3 Å². The smallest absolute Gasteiger partial charge is 0.255 e. The summed E-state index contributed by atoms with van der Waals surface area (Å²) < 4.78 is 0. The highest BCUT2D eigenvalue weighted by Crippen LogP contribution is 2.35. The Balaban J connectivity index is 1.35. The van der Waals surface area contributed by atoms with Crippen LogP contribution < -0.4 is 10.2 Å². The van der Waals surface area contributed by atoms with Gasteiger partial charge in [0.05, 0.1) is 17.7 Å². The van der Waals surface area contributed by atoms with Crippen LogP contribution in [0.2, 0.25) is 0 Å². The number of rotatable bonds is 3. The molecule has 0 saturated carbocycles. The van der Waals surface area contributed by atoms with E-state index in [0.717, 1.165) is 39.3 Å². The Morgan fingerprint density at radius 3 is 2.67 bits per heavy atom. The summed E-state index contributed by atoms with van der Waals surface area (Å²) in [5.74, 6) is 0.188. The van der Waals surface area contributed by atoms with Crippen molar-refractivity contribution in [2.45, 2.75) is 45.7 Å². The molecule has 2 atom stereocenters. The van der Waals surface area contributed by atoms with Crippen LogP contribution in [0.5, 0.6) is 0 Å². The van der Waals surface area contributed by atoms with Gasteiger partial charge in [-0.05, 0) is 55.7 Å². The Bertz CT molecular complexity index is 1190. The molecule has 5 rings (SSSR count). The molecule has 1 aromatic heterocycles. The predicted molar refractivity (Wildman–Crippen MR) is 131 cm³/mol. The van der Waals surface area contributed by atoms with Crippen molar-refractivity contribution in [1.82, 2.24) is 15.2 Å². The summed E-state index contributed by atoms with van der Waals surface area (Å²) in [5, 5.41) is 3.47. The fourth-order valence-electron chi connectivity index (χ4n) is 5.16. The molecule has 3 heterocycles. The number of carbonyl (C=O) groups is 2. The average molecular weight is 443 g/mol. The van der Waals surface area contributed by atoms with Gasteiger partial charge in [-0.1, -0.05) is 30.4 Å². The molecule has 2 amide bonds. The SMILES string of the molecule is Cc1c(C(=O)N2C[C@@H](C)N[C@@H](C)C2)c[nH]c1C=C1C=CC=C(N2C(=O)Cc3ccccc32)C1. The summed E-state index contributed by atoms with van der Waals surface area (Å²) in [7, 11) is 0. The molecule has 170 valence electrons. The molecule has 0 spiro atoms. The van der Waals surface area contributed by atoms with Gasteiger partial charge in [-0.3, -0.25) is 14.5 Å². The number of piperazine rings is 1. The number of amides is 2. The first kappa shape index (κ1) is 21.5. The second-order valence-electron chi connectivity index (χ2n) is 9.37. The zero-order valence-electron chi connectivity index (χ0n) is 19.4. The summed E-state index contributed by atoms with van der Waals surface area (Å²) in [6, 6.07) is 8.55. The van der Waals surface area contributed by atoms with Crippen molar-refractivity contribution < 1.29 is 9.59 Å². The molecular formula is C27H30N4O2. The van der Waals surface area contributed by atoms with Crippen LogP contribution in [0.15, 0.2) is 60.0 Å². The van der Waals surface area contributed by atoms with Crippen molar-refractivity contribution in [3.05, 3.63) is 82.3 Å². The maximum atomic E-state index is 13.2. The molecule has 0 bridgehead atoms. The maximum Gasteiger partial charge on any atom is 0.255 e. The van der Waals surface area contributed by atoms with Crippen molar-refractivity contribution in [3.63, 3.8) is 0 Å². The highest BCUT2D eigenvalue weighted by molar-refractivity contribution is 6.04. The summed E-state index contributed by atoms with van der Waals surface area (Å²) in [6.45, 7) is 7.65. The van der Waals surface area contributed by atoms with E-state index in [-0.39, 0.29) is 23.9 Å². The van der Waals surface area contributed by atoms with Gasteiger partial charge in [0.25, 0.3) is 5.91 Å². The molecule has 1 aliphatic carbocycles. The van der Waals surface area contributed by atoms with Gasteiger partial charge < -0.3 is 15.2 Å². The van der Waals surface area contributed by atoms with Crippen LogP contribution in [0.4, 0.5) is 5.69 Å².